The first kappa shape index (κ1) is 17.2. The van der Waals surface area contributed by atoms with Crippen LogP contribution in [-0.4, -0.2) is 43.4 Å². The quantitative estimate of drug-likeness (QED) is 0.718. The van der Waals surface area contributed by atoms with Gasteiger partial charge in [0.05, 0.1) is 12.6 Å². The first-order valence-electron chi connectivity index (χ1n) is 5.71. The SMILES string of the molecule is CC(NCCOCC(F)(F)F)C(=O)NC(C)(C)C. The summed E-state index contributed by atoms with van der Waals surface area (Å²) < 4.78 is 39.6. The van der Waals surface area contributed by atoms with E-state index < -0.39 is 18.8 Å². The largest absolute Gasteiger partial charge is 0.411 e. The highest BCUT2D eigenvalue weighted by Crippen LogP contribution is 2.13. The van der Waals surface area contributed by atoms with Crippen molar-refractivity contribution in [3.63, 3.8) is 0 Å². The fraction of sp³-hybridized carbons (Fsp3) is 0.909. The van der Waals surface area contributed by atoms with Gasteiger partial charge in [-0.1, -0.05) is 0 Å². The average Bonchev–Trinajstić information content (AvgIpc) is 2.12. The van der Waals surface area contributed by atoms with Crippen molar-refractivity contribution in [1.82, 2.24) is 10.6 Å². The van der Waals surface area contributed by atoms with Crippen LogP contribution in [0.25, 0.3) is 0 Å². The minimum atomic E-state index is -4.31. The van der Waals surface area contributed by atoms with Crippen molar-refractivity contribution in [2.45, 2.75) is 45.5 Å². The lowest BCUT2D eigenvalue weighted by Crippen LogP contribution is -2.50. The van der Waals surface area contributed by atoms with Crippen LogP contribution in [0.4, 0.5) is 13.2 Å². The van der Waals surface area contributed by atoms with Crippen molar-refractivity contribution in [3.8, 4) is 0 Å². The molecule has 4 nitrogen and oxygen atoms in total. The zero-order chi connectivity index (χ0) is 14.4. The molecule has 0 aliphatic rings. The van der Waals surface area contributed by atoms with Gasteiger partial charge in [-0.25, -0.2) is 0 Å². The van der Waals surface area contributed by atoms with Gasteiger partial charge in [0.25, 0.3) is 0 Å². The van der Waals surface area contributed by atoms with E-state index in [0.29, 0.717) is 0 Å². The molecule has 0 saturated carbocycles. The Morgan fingerprint density at radius 1 is 1.28 bits per heavy atom. The molecule has 0 aliphatic carbocycles. The molecule has 18 heavy (non-hydrogen) atoms. The maximum absolute atomic E-state index is 11.7. The third-order valence-corrected chi connectivity index (χ3v) is 1.85. The molecule has 7 heteroatoms. The molecule has 2 N–H and O–H groups in total. The van der Waals surface area contributed by atoms with Gasteiger partial charge in [-0.3, -0.25) is 4.79 Å². The van der Waals surface area contributed by atoms with E-state index in [1.165, 1.54) is 0 Å². The van der Waals surface area contributed by atoms with Gasteiger partial charge >= 0.3 is 6.18 Å². The molecule has 1 atom stereocenters. The lowest BCUT2D eigenvalue weighted by atomic mass is 10.1. The van der Waals surface area contributed by atoms with Gasteiger partial charge in [0, 0.05) is 12.1 Å². The van der Waals surface area contributed by atoms with Gasteiger partial charge in [-0.2, -0.15) is 13.2 Å². The van der Waals surface area contributed by atoms with Crippen molar-refractivity contribution < 1.29 is 22.7 Å². The highest BCUT2D eigenvalue weighted by molar-refractivity contribution is 5.81. The predicted molar refractivity (Wildman–Crippen MR) is 62.2 cm³/mol. The molecule has 1 amide bonds. The second-order valence-corrected chi connectivity index (χ2v) is 5.08. The number of rotatable bonds is 6. The second kappa shape index (κ2) is 6.94. The summed E-state index contributed by atoms with van der Waals surface area (Å²) in [5.74, 6) is -0.196. The van der Waals surface area contributed by atoms with Gasteiger partial charge in [0.15, 0.2) is 0 Å². The molecule has 1 unspecified atom stereocenters. The number of halogens is 3. The minimum absolute atomic E-state index is 0.0906. The molecule has 0 fully saturated rings. The summed E-state index contributed by atoms with van der Waals surface area (Å²) >= 11 is 0. The molecule has 0 aliphatic heterocycles. The monoisotopic (exact) mass is 270 g/mol. The van der Waals surface area contributed by atoms with Crippen LogP contribution in [0.5, 0.6) is 0 Å². The number of amides is 1. The molecule has 0 rings (SSSR count). The molecule has 0 bridgehead atoms. The van der Waals surface area contributed by atoms with Crippen LogP contribution in [0.3, 0.4) is 0 Å². The number of carbonyl (C=O) groups excluding carboxylic acids is 1. The number of hydrogen-bond donors (Lipinski definition) is 2. The van der Waals surface area contributed by atoms with Gasteiger partial charge in [-0.05, 0) is 27.7 Å². The summed E-state index contributed by atoms with van der Waals surface area (Å²) in [6, 6.07) is -0.473. The molecule has 0 spiro atoms. The van der Waals surface area contributed by atoms with Crippen LogP contribution in [0.2, 0.25) is 0 Å². The fourth-order valence-corrected chi connectivity index (χ4v) is 1.11. The van der Waals surface area contributed by atoms with Crippen LogP contribution in [-0.2, 0) is 9.53 Å². The van der Waals surface area contributed by atoms with Crippen LogP contribution in [0.1, 0.15) is 27.7 Å². The van der Waals surface area contributed by atoms with Crippen molar-refractivity contribution in [2.24, 2.45) is 0 Å². The molecule has 108 valence electrons. The van der Waals surface area contributed by atoms with Gasteiger partial charge in [-0.15, -0.1) is 0 Å². The van der Waals surface area contributed by atoms with E-state index in [1.54, 1.807) is 6.92 Å². The lowest BCUT2D eigenvalue weighted by molar-refractivity contribution is -0.173. The van der Waals surface area contributed by atoms with Crippen LogP contribution in [0.15, 0.2) is 0 Å². The fourth-order valence-electron chi connectivity index (χ4n) is 1.11. The summed E-state index contributed by atoms with van der Waals surface area (Å²) in [5.41, 5.74) is -0.334. The Balaban J connectivity index is 3.71. The molecule has 0 heterocycles. The topological polar surface area (TPSA) is 50.4 Å². The average molecular weight is 270 g/mol. The molecular formula is C11H21F3N2O2. The Hall–Kier alpha value is -0.820. The van der Waals surface area contributed by atoms with Gasteiger partial charge in [0.2, 0.25) is 5.91 Å². The zero-order valence-electron chi connectivity index (χ0n) is 11.1. The summed E-state index contributed by atoms with van der Waals surface area (Å²) in [6.07, 6.45) is -4.31. The molecule has 0 aromatic carbocycles. The Bertz CT molecular complexity index is 262. The number of hydrogen-bond acceptors (Lipinski definition) is 3. The van der Waals surface area contributed by atoms with E-state index in [1.807, 2.05) is 20.8 Å². The van der Waals surface area contributed by atoms with Crippen molar-refractivity contribution in [1.29, 1.82) is 0 Å². The number of carbonyl (C=O) groups is 1. The summed E-state index contributed by atoms with van der Waals surface area (Å²) in [6.45, 7) is 6.03. The van der Waals surface area contributed by atoms with E-state index in [0.717, 1.165) is 0 Å². The third kappa shape index (κ3) is 10.3. The van der Waals surface area contributed by atoms with E-state index in [-0.39, 0.29) is 24.6 Å². The molecule has 0 aromatic rings. The first-order valence-corrected chi connectivity index (χ1v) is 5.71. The first-order chi connectivity index (χ1) is 8.01. The number of ether oxygens (including phenoxy) is 1. The molecule has 0 radical (unpaired) electrons. The highest BCUT2D eigenvalue weighted by Gasteiger charge is 2.27. The van der Waals surface area contributed by atoms with Crippen molar-refractivity contribution >= 4 is 5.91 Å². The number of alkyl halides is 3. The Morgan fingerprint density at radius 3 is 2.28 bits per heavy atom. The Labute approximate surface area is 105 Å². The minimum Gasteiger partial charge on any atom is -0.371 e. The third-order valence-electron chi connectivity index (χ3n) is 1.85. The smallest absolute Gasteiger partial charge is 0.371 e. The summed E-state index contributed by atoms with van der Waals surface area (Å²) in [7, 11) is 0. The van der Waals surface area contributed by atoms with Crippen molar-refractivity contribution in [2.75, 3.05) is 19.8 Å². The Kier molecular flexibility index (Phi) is 6.62. The molecule has 0 aromatic heterocycles. The zero-order valence-corrected chi connectivity index (χ0v) is 11.1. The number of nitrogens with one attached hydrogen (secondary N) is 2. The van der Waals surface area contributed by atoms with E-state index in [2.05, 4.69) is 15.4 Å². The van der Waals surface area contributed by atoms with Gasteiger partial charge < -0.3 is 15.4 Å². The van der Waals surface area contributed by atoms with Crippen LogP contribution in [0, 0.1) is 0 Å². The van der Waals surface area contributed by atoms with E-state index >= 15 is 0 Å². The summed E-state index contributed by atoms with van der Waals surface area (Å²) in [5, 5.41) is 5.55. The molecular weight excluding hydrogens is 249 g/mol. The van der Waals surface area contributed by atoms with E-state index in [4.69, 9.17) is 0 Å². The van der Waals surface area contributed by atoms with Crippen LogP contribution < -0.4 is 10.6 Å². The lowest BCUT2D eigenvalue weighted by Gasteiger charge is -2.23. The highest BCUT2D eigenvalue weighted by atomic mass is 19.4. The Morgan fingerprint density at radius 2 is 1.83 bits per heavy atom. The second-order valence-electron chi connectivity index (χ2n) is 5.08. The standard InChI is InChI=1S/C11H21F3N2O2/c1-8(9(17)16-10(2,3)4)15-5-6-18-7-11(12,13)14/h8,15H,5-7H2,1-4H3,(H,16,17). The summed E-state index contributed by atoms with van der Waals surface area (Å²) in [4.78, 5) is 11.6. The van der Waals surface area contributed by atoms with E-state index in [9.17, 15) is 18.0 Å². The molecule has 0 saturated heterocycles. The predicted octanol–water partition coefficient (Wildman–Crippen LogP) is 1.46. The van der Waals surface area contributed by atoms with Crippen molar-refractivity contribution in [3.05, 3.63) is 0 Å². The maximum atomic E-state index is 11.7. The van der Waals surface area contributed by atoms with Crippen LogP contribution >= 0.6 is 0 Å². The normalized spacial score (nSPS) is 14.4. The van der Waals surface area contributed by atoms with Gasteiger partial charge in [0.1, 0.15) is 6.61 Å². The maximum Gasteiger partial charge on any atom is 0.411 e.